The fourth-order valence-corrected chi connectivity index (χ4v) is 2.57. The maximum absolute atomic E-state index is 12.1. The molecule has 2 rings (SSSR count). The van der Waals surface area contributed by atoms with E-state index in [0.29, 0.717) is 13.2 Å². The van der Waals surface area contributed by atoms with Gasteiger partial charge in [0.2, 0.25) is 0 Å². The van der Waals surface area contributed by atoms with Gasteiger partial charge in [-0.3, -0.25) is 9.59 Å². The van der Waals surface area contributed by atoms with Crippen LogP contribution in [0, 0.1) is 0 Å². The van der Waals surface area contributed by atoms with Gasteiger partial charge in [0.05, 0.1) is 17.3 Å². The molecule has 126 valence electrons. The van der Waals surface area contributed by atoms with Crippen LogP contribution in [0.5, 0.6) is 5.75 Å². The van der Waals surface area contributed by atoms with E-state index in [1.807, 2.05) is 32.0 Å². The number of pyridine rings is 1. The summed E-state index contributed by atoms with van der Waals surface area (Å²) in [4.78, 5) is 24.1. The van der Waals surface area contributed by atoms with E-state index in [4.69, 9.17) is 4.74 Å². The van der Waals surface area contributed by atoms with Crippen molar-refractivity contribution in [1.29, 1.82) is 0 Å². The number of amides is 1. The monoisotopic (exact) mass is 391 g/mol. The van der Waals surface area contributed by atoms with Crippen molar-refractivity contribution in [2.45, 2.75) is 20.4 Å². The third-order valence-corrected chi connectivity index (χ3v) is 3.86. The summed E-state index contributed by atoms with van der Waals surface area (Å²) in [5.41, 5.74) is 2.87. The quantitative estimate of drug-likeness (QED) is 0.607. The first-order chi connectivity index (χ1) is 11.6. The fourth-order valence-electron chi connectivity index (χ4n) is 2.05. The number of aromatic nitrogens is 1. The third kappa shape index (κ3) is 4.32. The second kappa shape index (κ2) is 8.44. The number of rotatable bonds is 6. The maximum atomic E-state index is 12.1. The number of ether oxygens (including phenoxy) is 1. The van der Waals surface area contributed by atoms with E-state index in [0.717, 1.165) is 15.8 Å². The second-order valence-corrected chi connectivity index (χ2v) is 5.69. The van der Waals surface area contributed by atoms with Crippen LogP contribution in [0.2, 0.25) is 0 Å². The fraction of sp³-hybridized carbons (Fsp3) is 0.235. The maximum Gasteiger partial charge on any atom is 0.276 e. The Morgan fingerprint density at radius 3 is 2.83 bits per heavy atom. The number of hydrogen-bond acceptors (Lipinski definition) is 4. The minimum atomic E-state index is -0.538. The van der Waals surface area contributed by atoms with Crippen LogP contribution in [-0.2, 0) is 6.54 Å². The molecule has 0 saturated carbocycles. The molecule has 0 radical (unpaired) electrons. The van der Waals surface area contributed by atoms with E-state index >= 15 is 0 Å². The molecule has 0 aliphatic carbocycles. The number of carbonyl (C=O) groups excluding carboxylic acids is 1. The molecule has 1 aromatic heterocycles. The second-order valence-electron chi connectivity index (χ2n) is 4.84. The summed E-state index contributed by atoms with van der Waals surface area (Å²) in [7, 11) is 0. The first kappa shape index (κ1) is 17.9. The molecule has 0 aliphatic heterocycles. The minimum Gasteiger partial charge on any atom is -0.493 e. The highest BCUT2D eigenvalue weighted by Gasteiger charge is 2.10. The molecule has 24 heavy (non-hydrogen) atoms. The first-order valence-electron chi connectivity index (χ1n) is 7.52. The summed E-state index contributed by atoms with van der Waals surface area (Å²) in [6, 6.07) is 8.60. The van der Waals surface area contributed by atoms with E-state index in [2.05, 4.69) is 26.5 Å². The molecule has 1 heterocycles. The van der Waals surface area contributed by atoms with Gasteiger partial charge in [-0.15, -0.1) is 0 Å². The van der Waals surface area contributed by atoms with Crippen LogP contribution in [-0.4, -0.2) is 23.3 Å². The summed E-state index contributed by atoms with van der Waals surface area (Å²) >= 11 is 3.41. The largest absolute Gasteiger partial charge is 0.493 e. The molecule has 0 spiro atoms. The molecule has 1 amide bonds. The lowest BCUT2D eigenvalue weighted by atomic mass is 10.2. The minimum absolute atomic E-state index is 0.0596. The van der Waals surface area contributed by atoms with Crippen LogP contribution in [0.4, 0.5) is 0 Å². The first-order valence-corrected chi connectivity index (χ1v) is 8.31. The molecule has 0 aliphatic rings. The molecule has 0 fully saturated rings. The van der Waals surface area contributed by atoms with Gasteiger partial charge in [0.25, 0.3) is 11.5 Å². The molecule has 0 saturated heterocycles. The van der Waals surface area contributed by atoms with E-state index in [1.54, 1.807) is 12.3 Å². The van der Waals surface area contributed by atoms with Gasteiger partial charge >= 0.3 is 0 Å². The zero-order valence-corrected chi connectivity index (χ0v) is 15.0. The van der Waals surface area contributed by atoms with Crippen LogP contribution in [0.3, 0.4) is 0 Å². The zero-order valence-electron chi connectivity index (χ0n) is 13.5. The van der Waals surface area contributed by atoms with Crippen molar-refractivity contribution < 1.29 is 9.53 Å². The highest BCUT2D eigenvalue weighted by atomic mass is 79.9. The standard InChI is InChI=1S/C17H18BrN3O3/c1-3-21-9-5-6-13(17(21)23)16(22)20-19-11-12-7-8-15(24-4-2)14(18)10-12/h5-11H,3-4H2,1-2H3,(H,20,22)/b19-11-. The van der Waals surface area contributed by atoms with Gasteiger partial charge in [-0.1, -0.05) is 0 Å². The SMILES string of the molecule is CCOc1ccc(/C=N\NC(=O)c2cccn(CC)c2=O)cc1Br. The van der Waals surface area contributed by atoms with Gasteiger partial charge in [-0.05, 0) is 65.7 Å². The summed E-state index contributed by atoms with van der Waals surface area (Å²) in [6.45, 7) is 4.83. The highest BCUT2D eigenvalue weighted by Crippen LogP contribution is 2.25. The van der Waals surface area contributed by atoms with E-state index in [1.165, 1.54) is 16.8 Å². The van der Waals surface area contributed by atoms with Crippen molar-refractivity contribution in [2.75, 3.05) is 6.61 Å². The van der Waals surface area contributed by atoms with Crippen molar-refractivity contribution in [1.82, 2.24) is 9.99 Å². The smallest absolute Gasteiger partial charge is 0.276 e. The average Bonchev–Trinajstić information content (AvgIpc) is 2.57. The van der Waals surface area contributed by atoms with Gasteiger partial charge in [0.1, 0.15) is 11.3 Å². The predicted molar refractivity (Wildman–Crippen MR) is 96.7 cm³/mol. The van der Waals surface area contributed by atoms with Crippen molar-refractivity contribution >= 4 is 28.1 Å². The lowest BCUT2D eigenvalue weighted by molar-refractivity contribution is 0.0953. The molecule has 1 N–H and O–H groups in total. The van der Waals surface area contributed by atoms with Crippen molar-refractivity contribution in [2.24, 2.45) is 5.10 Å². The Morgan fingerprint density at radius 1 is 1.38 bits per heavy atom. The van der Waals surface area contributed by atoms with Gasteiger partial charge in [-0.2, -0.15) is 5.10 Å². The lowest BCUT2D eigenvalue weighted by Gasteiger charge is -2.06. The van der Waals surface area contributed by atoms with Crippen LogP contribution in [0.25, 0.3) is 0 Å². The van der Waals surface area contributed by atoms with Gasteiger partial charge in [-0.25, -0.2) is 5.43 Å². The lowest BCUT2D eigenvalue weighted by Crippen LogP contribution is -2.30. The average molecular weight is 392 g/mol. The number of aryl methyl sites for hydroxylation is 1. The Hall–Kier alpha value is -2.41. The summed E-state index contributed by atoms with van der Waals surface area (Å²) in [5, 5.41) is 3.90. The van der Waals surface area contributed by atoms with Gasteiger partial charge < -0.3 is 9.30 Å². The number of benzene rings is 1. The van der Waals surface area contributed by atoms with Crippen LogP contribution in [0.15, 0.2) is 50.9 Å². The Bertz CT molecular complexity index is 815. The van der Waals surface area contributed by atoms with Gasteiger partial charge in [0.15, 0.2) is 0 Å². The summed E-state index contributed by atoms with van der Waals surface area (Å²) in [5.74, 6) is 0.201. The Kier molecular flexibility index (Phi) is 6.31. The number of carbonyl (C=O) groups is 1. The molecule has 0 unspecified atom stereocenters. The molecular formula is C17H18BrN3O3. The summed E-state index contributed by atoms with van der Waals surface area (Å²) in [6.07, 6.45) is 3.14. The summed E-state index contributed by atoms with van der Waals surface area (Å²) < 4.78 is 7.69. The van der Waals surface area contributed by atoms with Gasteiger partial charge in [0, 0.05) is 12.7 Å². The van der Waals surface area contributed by atoms with E-state index in [-0.39, 0.29) is 11.1 Å². The molecule has 1 aromatic carbocycles. The predicted octanol–water partition coefficient (Wildman–Crippen LogP) is 2.79. The Balaban J connectivity index is 2.08. The van der Waals surface area contributed by atoms with Crippen molar-refractivity contribution in [3.63, 3.8) is 0 Å². The number of hydrogen-bond donors (Lipinski definition) is 1. The molecule has 0 atom stereocenters. The van der Waals surface area contributed by atoms with Crippen molar-refractivity contribution in [3.8, 4) is 5.75 Å². The zero-order chi connectivity index (χ0) is 17.5. The molecule has 0 bridgehead atoms. The Morgan fingerprint density at radius 2 is 2.17 bits per heavy atom. The topological polar surface area (TPSA) is 72.7 Å². The highest BCUT2D eigenvalue weighted by molar-refractivity contribution is 9.10. The number of nitrogens with one attached hydrogen (secondary N) is 1. The van der Waals surface area contributed by atoms with E-state index < -0.39 is 5.91 Å². The molecule has 2 aromatic rings. The van der Waals surface area contributed by atoms with E-state index in [9.17, 15) is 9.59 Å². The van der Waals surface area contributed by atoms with Crippen LogP contribution < -0.4 is 15.7 Å². The normalized spacial score (nSPS) is 10.8. The number of halogens is 1. The molecule has 7 heteroatoms. The van der Waals surface area contributed by atoms with Crippen molar-refractivity contribution in [3.05, 3.63) is 62.5 Å². The molecular weight excluding hydrogens is 374 g/mol. The van der Waals surface area contributed by atoms with Crippen LogP contribution >= 0.6 is 15.9 Å². The third-order valence-electron chi connectivity index (χ3n) is 3.24. The molecule has 6 nitrogen and oxygen atoms in total. The number of hydrazone groups is 1. The van der Waals surface area contributed by atoms with Crippen LogP contribution in [0.1, 0.15) is 29.8 Å². The number of nitrogens with zero attached hydrogens (tertiary/aromatic N) is 2. The Labute approximate surface area is 148 Å².